The molecule has 1 aromatic carbocycles. The number of benzene rings is 1. The number of carbonyl (C=O) groups excluding carboxylic acids is 2. The molecule has 0 unspecified atom stereocenters. The van der Waals surface area contributed by atoms with Crippen LogP contribution in [0.25, 0.3) is 11.6 Å². The van der Waals surface area contributed by atoms with Gasteiger partial charge in [-0.25, -0.2) is 4.79 Å². The van der Waals surface area contributed by atoms with Crippen molar-refractivity contribution < 1.29 is 14.3 Å². The summed E-state index contributed by atoms with van der Waals surface area (Å²) in [5.74, 6) is 1.68. The number of ether oxygens (including phenoxy) is 1. The summed E-state index contributed by atoms with van der Waals surface area (Å²) in [5, 5.41) is 2.98. The van der Waals surface area contributed by atoms with Crippen molar-refractivity contribution in [1.82, 2.24) is 14.8 Å². The van der Waals surface area contributed by atoms with Crippen LogP contribution in [-0.2, 0) is 22.6 Å². The van der Waals surface area contributed by atoms with Crippen LogP contribution in [0.1, 0.15) is 52.9 Å². The Morgan fingerprint density at radius 1 is 1.11 bits per heavy atom. The Morgan fingerprint density at radius 3 is 2.60 bits per heavy atom. The molecule has 4 heterocycles. The van der Waals surface area contributed by atoms with E-state index in [1.54, 1.807) is 4.90 Å². The third kappa shape index (κ3) is 4.36. The van der Waals surface area contributed by atoms with E-state index in [0.29, 0.717) is 25.3 Å². The highest BCUT2D eigenvalue weighted by atomic mass is 35.5. The van der Waals surface area contributed by atoms with Gasteiger partial charge in [0.1, 0.15) is 6.61 Å². The summed E-state index contributed by atoms with van der Waals surface area (Å²) in [6.45, 7) is 9.21. The van der Waals surface area contributed by atoms with E-state index in [4.69, 9.17) is 4.74 Å². The molecule has 3 aliphatic heterocycles. The monoisotopic (exact) mass is 496 g/mol. The highest BCUT2D eigenvalue weighted by Crippen LogP contribution is 2.39. The Morgan fingerprint density at radius 2 is 1.89 bits per heavy atom. The molecular formula is C27H33ClN4O3. The molecule has 2 aromatic rings. The number of halogens is 1. The average Bonchev–Trinajstić information content (AvgIpc) is 3.60. The van der Waals surface area contributed by atoms with Gasteiger partial charge in [-0.3, -0.25) is 9.69 Å². The van der Waals surface area contributed by atoms with E-state index >= 15 is 0 Å². The second kappa shape index (κ2) is 9.36. The van der Waals surface area contributed by atoms with Crippen LogP contribution < -0.4 is 5.32 Å². The number of likely N-dealkylation sites (tertiary alicyclic amines) is 1. The summed E-state index contributed by atoms with van der Waals surface area (Å²) in [5.41, 5.74) is 8.10. The number of anilines is 1. The van der Waals surface area contributed by atoms with E-state index in [-0.39, 0.29) is 24.4 Å². The van der Waals surface area contributed by atoms with E-state index in [9.17, 15) is 9.59 Å². The number of hydrogen-bond donors (Lipinski definition) is 2. The molecule has 1 aromatic heterocycles. The van der Waals surface area contributed by atoms with Gasteiger partial charge in [-0.15, -0.1) is 12.4 Å². The number of nitrogens with one attached hydrogen (secondary N) is 2. The minimum absolute atomic E-state index is 0. The Balaban J connectivity index is 0.00000253. The van der Waals surface area contributed by atoms with Crippen LogP contribution in [0.2, 0.25) is 0 Å². The number of aryl methyl sites for hydroxylation is 1. The molecule has 3 fully saturated rings. The Hall–Kier alpha value is -2.77. The zero-order valence-electron chi connectivity index (χ0n) is 20.4. The zero-order chi connectivity index (χ0) is 23.4. The van der Waals surface area contributed by atoms with Gasteiger partial charge in [0.05, 0.1) is 12.1 Å². The molecular weight excluding hydrogens is 464 g/mol. The molecule has 4 aliphatic rings. The van der Waals surface area contributed by atoms with Crippen LogP contribution in [0.4, 0.5) is 10.5 Å². The molecule has 2 amide bonds. The van der Waals surface area contributed by atoms with Crippen LogP contribution in [0.15, 0.2) is 18.2 Å². The van der Waals surface area contributed by atoms with Crippen molar-refractivity contribution in [3.63, 3.8) is 0 Å². The van der Waals surface area contributed by atoms with Gasteiger partial charge in [0, 0.05) is 48.8 Å². The number of carbonyl (C=O) groups is 2. The molecule has 6 rings (SSSR count). The summed E-state index contributed by atoms with van der Waals surface area (Å²) >= 11 is 0. The van der Waals surface area contributed by atoms with Crippen molar-refractivity contribution in [3.05, 3.63) is 51.8 Å². The van der Waals surface area contributed by atoms with E-state index in [1.165, 1.54) is 49.2 Å². The predicted octanol–water partition coefficient (Wildman–Crippen LogP) is 4.73. The third-order valence-electron chi connectivity index (χ3n) is 8.19. The maximum Gasteiger partial charge on any atom is 0.410 e. The summed E-state index contributed by atoms with van der Waals surface area (Å²) in [7, 11) is 0. The van der Waals surface area contributed by atoms with Gasteiger partial charge in [-0.2, -0.15) is 0 Å². The fourth-order valence-electron chi connectivity index (χ4n) is 6.29. The number of cyclic esters (lactones) is 1. The number of amides is 2. The Bertz CT molecular complexity index is 1190. The van der Waals surface area contributed by atoms with Crippen LogP contribution in [0.5, 0.6) is 0 Å². The van der Waals surface area contributed by atoms with Crippen LogP contribution in [-0.4, -0.2) is 53.0 Å². The summed E-state index contributed by atoms with van der Waals surface area (Å²) in [6.07, 6.45) is 5.88. The molecule has 7 nitrogen and oxygen atoms in total. The van der Waals surface area contributed by atoms with Gasteiger partial charge in [0.15, 0.2) is 0 Å². The quantitative estimate of drug-likeness (QED) is 0.587. The zero-order valence-corrected chi connectivity index (χ0v) is 21.2. The first-order valence-electron chi connectivity index (χ1n) is 12.4. The number of hydrogen-bond acceptors (Lipinski definition) is 4. The molecule has 1 saturated carbocycles. The standard InChI is InChI=1S/C27H32N4O3.ClH/c1-16-23(15-30-13-19-4-3-5-20(19)14-30)17(2)28-25(16)11-22-21-10-18(6-7-24(21)29-26(22)32)12-31-8-9-34-27(31)33;/h6-7,10-11,19-20,28H,3-5,8-9,12-15H2,1-2H3,(H,29,32);1H/b22-11-;/t19-,20+;. The second-order valence-corrected chi connectivity index (χ2v) is 10.3. The van der Waals surface area contributed by atoms with E-state index in [0.717, 1.165) is 40.9 Å². The molecule has 8 heteroatoms. The van der Waals surface area contributed by atoms with Crippen molar-refractivity contribution in [1.29, 1.82) is 0 Å². The van der Waals surface area contributed by atoms with Crippen molar-refractivity contribution >= 4 is 41.7 Å². The van der Waals surface area contributed by atoms with Crippen LogP contribution >= 0.6 is 12.4 Å². The minimum atomic E-state index is -0.280. The highest BCUT2D eigenvalue weighted by molar-refractivity contribution is 6.34. The van der Waals surface area contributed by atoms with E-state index in [1.807, 2.05) is 24.3 Å². The lowest BCUT2D eigenvalue weighted by atomic mass is 10.0. The smallest absolute Gasteiger partial charge is 0.410 e. The normalized spacial score (nSPS) is 24.5. The van der Waals surface area contributed by atoms with E-state index < -0.39 is 0 Å². The molecule has 35 heavy (non-hydrogen) atoms. The first-order chi connectivity index (χ1) is 16.5. The Kier molecular flexibility index (Phi) is 6.40. The van der Waals surface area contributed by atoms with Crippen molar-refractivity contribution in [2.24, 2.45) is 11.8 Å². The summed E-state index contributed by atoms with van der Waals surface area (Å²) in [4.78, 5) is 32.5. The fraction of sp³-hybridized carbons (Fsp3) is 0.481. The van der Waals surface area contributed by atoms with E-state index in [2.05, 4.69) is 29.0 Å². The number of aromatic amines is 1. The fourth-order valence-corrected chi connectivity index (χ4v) is 6.29. The predicted molar refractivity (Wildman–Crippen MR) is 138 cm³/mol. The summed E-state index contributed by atoms with van der Waals surface area (Å²) < 4.78 is 5.04. The molecule has 2 N–H and O–H groups in total. The first-order valence-corrected chi connectivity index (χ1v) is 12.4. The van der Waals surface area contributed by atoms with Gasteiger partial charge in [-0.1, -0.05) is 12.5 Å². The van der Waals surface area contributed by atoms with Gasteiger partial charge in [-0.05, 0) is 73.4 Å². The number of nitrogens with zero attached hydrogens (tertiary/aromatic N) is 2. The van der Waals surface area contributed by atoms with Gasteiger partial charge in [0.25, 0.3) is 5.91 Å². The molecule has 186 valence electrons. The SMILES string of the molecule is Cc1[nH]c(/C=C2\C(=O)Nc3ccc(CN4CCOC4=O)cc32)c(C)c1CN1C[C@H]2CCC[C@H]2C1.Cl. The molecule has 0 bridgehead atoms. The number of fused-ring (bicyclic) bond motifs is 2. The van der Waals surface area contributed by atoms with Crippen LogP contribution in [0, 0.1) is 25.7 Å². The molecule has 2 atom stereocenters. The van der Waals surface area contributed by atoms with Gasteiger partial charge in [0.2, 0.25) is 0 Å². The number of aromatic nitrogens is 1. The van der Waals surface area contributed by atoms with Crippen molar-refractivity contribution in [2.45, 2.75) is 46.2 Å². The first kappa shape index (κ1) is 23.9. The Labute approximate surface area is 212 Å². The average molecular weight is 497 g/mol. The maximum absolute atomic E-state index is 12.9. The van der Waals surface area contributed by atoms with Gasteiger partial charge >= 0.3 is 6.09 Å². The largest absolute Gasteiger partial charge is 0.448 e. The topological polar surface area (TPSA) is 77.7 Å². The lowest BCUT2D eigenvalue weighted by molar-refractivity contribution is -0.110. The molecule has 0 radical (unpaired) electrons. The maximum atomic E-state index is 12.9. The third-order valence-corrected chi connectivity index (χ3v) is 8.19. The number of H-pyrrole nitrogens is 1. The number of rotatable bonds is 5. The second-order valence-electron chi connectivity index (χ2n) is 10.3. The summed E-state index contributed by atoms with van der Waals surface area (Å²) in [6, 6.07) is 5.90. The van der Waals surface area contributed by atoms with Crippen molar-refractivity contribution in [2.75, 3.05) is 31.6 Å². The van der Waals surface area contributed by atoms with Crippen molar-refractivity contribution in [3.8, 4) is 0 Å². The molecule has 1 aliphatic carbocycles. The lowest BCUT2D eigenvalue weighted by Gasteiger charge is -2.17. The van der Waals surface area contributed by atoms with Crippen LogP contribution in [0.3, 0.4) is 0 Å². The molecule has 0 spiro atoms. The van der Waals surface area contributed by atoms with Gasteiger partial charge < -0.3 is 19.9 Å². The molecule has 2 saturated heterocycles. The lowest BCUT2D eigenvalue weighted by Crippen LogP contribution is -2.23. The highest BCUT2D eigenvalue weighted by Gasteiger charge is 2.36. The minimum Gasteiger partial charge on any atom is -0.448 e.